The molecule has 2 rings (SSSR count). The van der Waals surface area contributed by atoms with Crippen LogP contribution >= 0.6 is 0 Å². The number of oxazole rings is 1. The largest absolute Gasteiger partial charge is 0.496 e. The summed E-state index contributed by atoms with van der Waals surface area (Å²) >= 11 is 0. The van der Waals surface area contributed by atoms with Gasteiger partial charge in [-0.2, -0.15) is 0 Å². The number of ether oxygens (including phenoxy) is 1. The lowest BCUT2D eigenvalue weighted by Gasteiger charge is -2.03. The molecule has 16 heavy (non-hydrogen) atoms. The highest BCUT2D eigenvalue weighted by molar-refractivity contribution is 5.62. The van der Waals surface area contributed by atoms with Crippen LogP contribution < -0.4 is 10.5 Å². The van der Waals surface area contributed by atoms with E-state index in [0.29, 0.717) is 18.2 Å². The molecule has 0 spiro atoms. The molecule has 0 aliphatic rings. The highest BCUT2D eigenvalue weighted by atomic mass is 16.5. The lowest BCUT2D eigenvalue weighted by atomic mass is 10.2. The topological polar surface area (TPSA) is 61.3 Å². The van der Waals surface area contributed by atoms with Crippen molar-refractivity contribution < 1.29 is 9.15 Å². The van der Waals surface area contributed by atoms with Crippen LogP contribution in [0.2, 0.25) is 0 Å². The van der Waals surface area contributed by atoms with Crippen molar-refractivity contribution in [2.75, 3.05) is 7.11 Å². The summed E-state index contributed by atoms with van der Waals surface area (Å²) in [5, 5.41) is 0. The summed E-state index contributed by atoms with van der Waals surface area (Å²) in [6.07, 6.45) is 0. The van der Waals surface area contributed by atoms with Crippen molar-refractivity contribution in [1.82, 2.24) is 4.98 Å². The van der Waals surface area contributed by atoms with Crippen LogP contribution in [-0.2, 0) is 6.54 Å². The molecule has 0 bridgehead atoms. The Morgan fingerprint density at radius 2 is 2.12 bits per heavy atom. The van der Waals surface area contributed by atoms with E-state index >= 15 is 0 Å². The fraction of sp³-hybridized carbons (Fsp3) is 0.250. The maximum absolute atomic E-state index is 5.58. The van der Waals surface area contributed by atoms with Crippen LogP contribution in [0.4, 0.5) is 0 Å². The van der Waals surface area contributed by atoms with Gasteiger partial charge < -0.3 is 14.9 Å². The number of methoxy groups -OCH3 is 1. The fourth-order valence-corrected chi connectivity index (χ4v) is 1.55. The molecular weight excluding hydrogens is 204 g/mol. The zero-order valence-electron chi connectivity index (χ0n) is 9.36. The number of rotatable bonds is 3. The van der Waals surface area contributed by atoms with E-state index in [2.05, 4.69) is 4.98 Å². The first kappa shape index (κ1) is 10.7. The zero-order valence-corrected chi connectivity index (χ0v) is 9.36. The maximum atomic E-state index is 5.58. The normalized spacial score (nSPS) is 10.4. The van der Waals surface area contributed by atoms with Crippen LogP contribution in [-0.4, -0.2) is 12.1 Å². The number of aromatic nitrogens is 1. The van der Waals surface area contributed by atoms with E-state index in [1.165, 1.54) is 0 Å². The summed E-state index contributed by atoms with van der Waals surface area (Å²) in [6, 6.07) is 7.60. The number of hydrogen-bond acceptors (Lipinski definition) is 4. The second-order valence-corrected chi connectivity index (χ2v) is 3.43. The number of aryl methyl sites for hydroxylation is 1. The lowest BCUT2D eigenvalue weighted by Crippen LogP contribution is -1.95. The van der Waals surface area contributed by atoms with Gasteiger partial charge in [-0.1, -0.05) is 12.1 Å². The third-order valence-corrected chi connectivity index (χ3v) is 2.42. The van der Waals surface area contributed by atoms with Crippen LogP contribution in [0, 0.1) is 6.92 Å². The van der Waals surface area contributed by atoms with E-state index in [1.807, 2.05) is 31.2 Å². The fourth-order valence-electron chi connectivity index (χ4n) is 1.55. The molecule has 0 aliphatic heterocycles. The van der Waals surface area contributed by atoms with Gasteiger partial charge in [-0.05, 0) is 19.1 Å². The van der Waals surface area contributed by atoms with Crippen molar-refractivity contribution in [3.8, 4) is 17.2 Å². The van der Waals surface area contributed by atoms with Gasteiger partial charge in [0.15, 0.2) is 0 Å². The summed E-state index contributed by atoms with van der Waals surface area (Å²) in [7, 11) is 1.62. The van der Waals surface area contributed by atoms with Gasteiger partial charge in [0, 0.05) is 0 Å². The first-order valence-corrected chi connectivity index (χ1v) is 5.06. The van der Waals surface area contributed by atoms with Crippen molar-refractivity contribution in [3.05, 3.63) is 35.7 Å². The van der Waals surface area contributed by atoms with Gasteiger partial charge in [0.05, 0.1) is 24.9 Å². The molecule has 1 aromatic carbocycles. The molecule has 0 unspecified atom stereocenters. The minimum absolute atomic E-state index is 0.355. The van der Waals surface area contributed by atoms with Gasteiger partial charge in [0.2, 0.25) is 5.89 Å². The van der Waals surface area contributed by atoms with E-state index < -0.39 is 0 Å². The Kier molecular flexibility index (Phi) is 2.92. The van der Waals surface area contributed by atoms with Crippen molar-refractivity contribution in [2.45, 2.75) is 13.5 Å². The quantitative estimate of drug-likeness (QED) is 0.857. The number of benzene rings is 1. The Balaban J connectivity index is 2.49. The molecule has 0 radical (unpaired) electrons. The first-order valence-electron chi connectivity index (χ1n) is 5.06. The lowest BCUT2D eigenvalue weighted by molar-refractivity contribution is 0.413. The Bertz CT molecular complexity index is 492. The van der Waals surface area contributed by atoms with E-state index in [4.69, 9.17) is 14.9 Å². The first-order chi connectivity index (χ1) is 7.76. The molecule has 0 fully saturated rings. The molecule has 1 heterocycles. The van der Waals surface area contributed by atoms with Crippen LogP contribution in [0.1, 0.15) is 11.5 Å². The molecule has 2 aromatic rings. The number of hydrogen-bond donors (Lipinski definition) is 1. The van der Waals surface area contributed by atoms with E-state index in [1.54, 1.807) is 7.11 Å². The van der Waals surface area contributed by atoms with Crippen molar-refractivity contribution >= 4 is 0 Å². The Hall–Kier alpha value is -1.81. The highest BCUT2D eigenvalue weighted by Gasteiger charge is 2.13. The number of para-hydroxylation sites is 1. The molecular formula is C12H14N2O2. The third-order valence-electron chi connectivity index (χ3n) is 2.42. The predicted octanol–water partition coefficient (Wildman–Crippen LogP) is 2.12. The average molecular weight is 218 g/mol. The average Bonchev–Trinajstić information content (AvgIpc) is 2.70. The van der Waals surface area contributed by atoms with Crippen molar-refractivity contribution in [1.29, 1.82) is 0 Å². The molecule has 84 valence electrons. The standard InChI is InChI=1S/C12H14N2O2/c1-8-11(7-13)16-12(14-8)9-5-3-4-6-10(9)15-2/h3-6H,7,13H2,1-2H3. The van der Waals surface area contributed by atoms with Gasteiger partial charge in [0.25, 0.3) is 0 Å². The van der Waals surface area contributed by atoms with Gasteiger partial charge in [0.1, 0.15) is 11.5 Å². The smallest absolute Gasteiger partial charge is 0.230 e. The van der Waals surface area contributed by atoms with Gasteiger partial charge in [-0.3, -0.25) is 0 Å². The van der Waals surface area contributed by atoms with Gasteiger partial charge in [-0.25, -0.2) is 4.98 Å². The Morgan fingerprint density at radius 3 is 2.75 bits per heavy atom. The molecule has 0 saturated carbocycles. The maximum Gasteiger partial charge on any atom is 0.230 e. The van der Waals surface area contributed by atoms with E-state index in [0.717, 1.165) is 17.0 Å². The predicted molar refractivity (Wildman–Crippen MR) is 61.1 cm³/mol. The Morgan fingerprint density at radius 1 is 1.38 bits per heavy atom. The number of nitrogens with zero attached hydrogens (tertiary/aromatic N) is 1. The summed E-state index contributed by atoms with van der Waals surface area (Å²) < 4.78 is 10.8. The SMILES string of the molecule is COc1ccccc1-c1nc(C)c(CN)o1. The Labute approximate surface area is 94.1 Å². The monoisotopic (exact) mass is 218 g/mol. The molecule has 4 heteroatoms. The molecule has 0 aliphatic carbocycles. The summed E-state index contributed by atoms with van der Waals surface area (Å²) in [5.74, 6) is 2.00. The van der Waals surface area contributed by atoms with Crippen molar-refractivity contribution in [2.24, 2.45) is 5.73 Å². The molecule has 1 aromatic heterocycles. The highest BCUT2D eigenvalue weighted by Crippen LogP contribution is 2.29. The van der Waals surface area contributed by atoms with Crippen LogP contribution in [0.15, 0.2) is 28.7 Å². The minimum atomic E-state index is 0.355. The minimum Gasteiger partial charge on any atom is -0.496 e. The molecule has 0 saturated heterocycles. The summed E-state index contributed by atoms with van der Waals surface area (Å²) in [6.45, 7) is 2.23. The van der Waals surface area contributed by atoms with Crippen LogP contribution in [0.3, 0.4) is 0 Å². The zero-order chi connectivity index (χ0) is 11.5. The van der Waals surface area contributed by atoms with Crippen molar-refractivity contribution in [3.63, 3.8) is 0 Å². The molecule has 0 atom stereocenters. The van der Waals surface area contributed by atoms with Crippen LogP contribution in [0.5, 0.6) is 5.75 Å². The number of nitrogens with two attached hydrogens (primary N) is 1. The molecule has 0 amide bonds. The van der Waals surface area contributed by atoms with Crippen LogP contribution in [0.25, 0.3) is 11.5 Å². The summed E-state index contributed by atoms with van der Waals surface area (Å²) in [5.41, 5.74) is 7.21. The second-order valence-electron chi connectivity index (χ2n) is 3.43. The molecule has 2 N–H and O–H groups in total. The van der Waals surface area contributed by atoms with E-state index in [-0.39, 0.29) is 0 Å². The third kappa shape index (κ3) is 1.79. The van der Waals surface area contributed by atoms with Gasteiger partial charge >= 0.3 is 0 Å². The molecule has 4 nitrogen and oxygen atoms in total. The second kappa shape index (κ2) is 4.37. The summed E-state index contributed by atoms with van der Waals surface area (Å²) in [4.78, 5) is 4.33. The van der Waals surface area contributed by atoms with Gasteiger partial charge in [-0.15, -0.1) is 0 Å². The van der Waals surface area contributed by atoms with E-state index in [9.17, 15) is 0 Å².